The molecule has 9 heteroatoms. The Kier molecular flexibility index (Phi) is 4.27. The quantitative estimate of drug-likeness (QED) is 0.699. The van der Waals surface area contributed by atoms with Crippen LogP contribution >= 0.6 is 0 Å². The first-order valence-electron chi connectivity index (χ1n) is 5.74. The molecule has 0 radical (unpaired) electrons. The summed E-state index contributed by atoms with van der Waals surface area (Å²) in [7, 11) is 0. The van der Waals surface area contributed by atoms with Gasteiger partial charge in [0.15, 0.2) is 0 Å². The van der Waals surface area contributed by atoms with Crippen molar-refractivity contribution in [2.75, 3.05) is 13.1 Å². The third kappa shape index (κ3) is 3.55. The van der Waals surface area contributed by atoms with Gasteiger partial charge in [0, 0.05) is 13.1 Å². The minimum atomic E-state index is -5.68. The summed E-state index contributed by atoms with van der Waals surface area (Å²) in [5.41, 5.74) is -0.817. The van der Waals surface area contributed by atoms with Crippen LogP contribution in [0.5, 0.6) is 0 Å². The largest absolute Gasteiger partial charge is 0.409 e. The highest BCUT2D eigenvalue weighted by molar-refractivity contribution is 5.80. The maximum absolute atomic E-state index is 12.4. The number of carbonyl (C=O) groups is 1. The van der Waals surface area contributed by atoms with Gasteiger partial charge >= 0.3 is 12.4 Å². The highest BCUT2D eigenvalue weighted by atomic mass is 19.4. The lowest BCUT2D eigenvalue weighted by atomic mass is 9.81. The summed E-state index contributed by atoms with van der Waals surface area (Å²) in [4.78, 5) is 12.0. The Morgan fingerprint density at radius 1 is 1.15 bits per heavy atom. The zero-order chi connectivity index (χ0) is 15.8. The Labute approximate surface area is 111 Å². The maximum Gasteiger partial charge on any atom is 0.409 e. The number of nitriles is 1. The van der Waals surface area contributed by atoms with E-state index in [0.717, 1.165) is 0 Å². The molecule has 114 valence electrons. The van der Waals surface area contributed by atoms with Crippen LogP contribution in [0.25, 0.3) is 0 Å². The molecule has 3 nitrogen and oxygen atoms in total. The molecule has 0 aromatic heterocycles. The summed E-state index contributed by atoms with van der Waals surface area (Å²) in [5, 5.41) is 8.83. The number of hydrogen-bond donors (Lipinski definition) is 0. The average Bonchev–Trinajstić information content (AvgIpc) is 2.26. The van der Waals surface area contributed by atoms with E-state index in [1.165, 1.54) is 0 Å². The van der Waals surface area contributed by atoms with Gasteiger partial charge in [-0.1, -0.05) is 0 Å². The van der Waals surface area contributed by atoms with Gasteiger partial charge < -0.3 is 4.90 Å². The molecule has 0 aromatic carbocycles. The van der Waals surface area contributed by atoms with Gasteiger partial charge in [-0.25, -0.2) is 0 Å². The molecule has 0 atom stereocenters. The molecule has 0 spiro atoms. The molecule has 0 aliphatic carbocycles. The third-order valence-corrected chi connectivity index (χ3v) is 3.35. The minimum Gasteiger partial charge on any atom is -0.342 e. The van der Waals surface area contributed by atoms with Crippen LogP contribution < -0.4 is 0 Å². The molecule has 0 aromatic rings. The number of nitrogens with zero attached hydrogens (tertiary/aromatic N) is 2. The van der Waals surface area contributed by atoms with Gasteiger partial charge in [-0.05, 0) is 19.8 Å². The van der Waals surface area contributed by atoms with Crippen molar-refractivity contribution >= 4 is 5.91 Å². The first-order chi connectivity index (χ1) is 8.91. The molecule has 1 aliphatic rings. The van der Waals surface area contributed by atoms with E-state index in [4.69, 9.17) is 5.26 Å². The second-order valence-electron chi connectivity index (χ2n) is 5.01. The van der Waals surface area contributed by atoms with Crippen LogP contribution in [-0.4, -0.2) is 36.2 Å². The molecule has 1 saturated heterocycles. The predicted molar refractivity (Wildman–Crippen MR) is 55.1 cm³/mol. The standard InChI is InChI=1S/C11H12F6N2O/c1-9(6-18)2-4-19(5-3-9)8(20)7(10(12,13)14)11(15,16)17/h7H,2-5H2,1H3. The summed E-state index contributed by atoms with van der Waals surface area (Å²) in [6.07, 6.45) is -11.2. The number of likely N-dealkylation sites (tertiary alicyclic amines) is 1. The highest BCUT2D eigenvalue weighted by Crippen LogP contribution is 2.41. The van der Waals surface area contributed by atoms with Crippen LogP contribution in [-0.2, 0) is 4.79 Å². The molecule has 0 saturated carbocycles. The topological polar surface area (TPSA) is 44.1 Å². The number of hydrogen-bond acceptors (Lipinski definition) is 2. The maximum atomic E-state index is 12.4. The zero-order valence-electron chi connectivity index (χ0n) is 10.5. The Balaban J connectivity index is 2.87. The second-order valence-corrected chi connectivity index (χ2v) is 5.01. The van der Waals surface area contributed by atoms with E-state index >= 15 is 0 Å². The van der Waals surface area contributed by atoms with E-state index < -0.39 is 29.6 Å². The van der Waals surface area contributed by atoms with Gasteiger partial charge in [0.25, 0.3) is 0 Å². The molecule has 20 heavy (non-hydrogen) atoms. The fourth-order valence-electron chi connectivity index (χ4n) is 1.98. The van der Waals surface area contributed by atoms with Gasteiger partial charge in [-0.2, -0.15) is 31.6 Å². The SMILES string of the molecule is CC1(C#N)CCN(C(=O)C(C(F)(F)F)C(F)(F)F)CC1. The van der Waals surface area contributed by atoms with Crippen LogP contribution in [0.15, 0.2) is 0 Å². The normalized spacial score (nSPS) is 19.9. The number of amides is 1. The van der Waals surface area contributed by atoms with Crippen LogP contribution in [0.1, 0.15) is 19.8 Å². The molecule has 1 amide bonds. The fraction of sp³-hybridized carbons (Fsp3) is 0.818. The van der Waals surface area contributed by atoms with Crippen molar-refractivity contribution < 1.29 is 31.1 Å². The van der Waals surface area contributed by atoms with Gasteiger partial charge in [-0.3, -0.25) is 4.79 Å². The Morgan fingerprint density at radius 2 is 1.55 bits per heavy atom. The van der Waals surface area contributed by atoms with E-state index in [0.29, 0.717) is 4.90 Å². The molecular formula is C11H12F6N2O. The van der Waals surface area contributed by atoms with Gasteiger partial charge in [0.2, 0.25) is 11.8 Å². The number of piperidine rings is 1. The molecule has 0 N–H and O–H groups in total. The number of alkyl halides is 6. The van der Waals surface area contributed by atoms with E-state index in [1.54, 1.807) is 6.92 Å². The Bertz CT molecular complexity index is 400. The molecular weight excluding hydrogens is 290 g/mol. The first-order valence-corrected chi connectivity index (χ1v) is 5.74. The summed E-state index contributed by atoms with van der Waals surface area (Å²) >= 11 is 0. The van der Waals surface area contributed by atoms with Crippen molar-refractivity contribution in [3.05, 3.63) is 0 Å². The van der Waals surface area contributed by atoms with Gasteiger partial charge in [-0.15, -0.1) is 0 Å². The van der Waals surface area contributed by atoms with Crippen molar-refractivity contribution in [1.82, 2.24) is 4.90 Å². The first kappa shape index (κ1) is 16.6. The van der Waals surface area contributed by atoms with E-state index in [9.17, 15) is 31.1 Å². The van der Waals surface area contributed by atoms with Crippen molar-refractivity contribution in [3.63, 3.8) is 0 Å². The predicted octanol–water partition coefficient (Wildman–Crippen LogP) is 2.88. The van der Waals surface area contributed by atoms with Crippen molar-refractivity contribution in [1.29, 1.82) is 5.26 Å². The Morgan fingerprint density at radius 3 is 1.85 bits per heavy atom. The van der Waals surface area contributed by atoms with Crippen molar-refractivity contribution in [2.45, 2.75) is 32.1 Å². The minimum absolute atomic E-state index is 0.0532. The molecule has 0 unspecified atom stereocenters. The summed E-state index contributed by atoms with van der Waals surface area (Å²) in [5.74, 6) is -5.99. The number of halogens is 6. The molecule has 1 rings (SSSR count). The van der Waals surface area contributed by atoms with E-state index in [2.05, 4.69) is 0 Å². The molecule has 0 bridgehead atoms. The van der Waals surface area contributed by atoms with Crippen molar-refractivity contribution in [2.24, 2.45) is 11.3 Å². The average molecular weight is 302 g/mol. The summed E-state index contributed by atoms with van der Waals surface area (Å²) in [6.45, 7) is 0.983. The monoisotopic (exact) mass is 302 g/mol. The Hall–Kier alpha value is -1.46. The summed E-state index contributed by atoms with van der Waals surface area (Å²) < 4.78 is 74.5. The van der Waals surface area contributed by atoms with Crippen LogP contribution in [0.3, 0.4) is 0 Å². The lowest BCUT2D eigenvalue weighted by Crippen LogP contribution is -2.52. The van der Waals surface area contributed by atoms with Gasteiger partial charge in [0.05, 0.1) is 11.5 Å². The lowest BCUT2D eigenvalue weighted by molar-refractivity contribution is -0.277. The third-order valence-electron chi connectivity index (χ3n) is 3.35. The number of carbonyl (C=O) groups excluding carboxylic acids is 1. The molecule has 1 aliphatic heterocycles. The molecule has 1 fully saturated rings. The van der Waals surface area contributed by atoms with Gasteiger partial charge in [0.1, 0.15) is 0 Å². The van der Waals surface area contributed by atoms with Crippen molar-refractivity contribution in [3.8, 4) is 6.07 Å². The zero-order valence-corrected chi connectivity index (χ0v) is 10.5. The van der Waals surface area contributed by atoms with E-state index in [-0.39, 0.29) is 25.9 Å². The summed E-state index contributed by atoms with van der Waals surface area (Å²) in [6, 6.07) is 1.95. The number of rotatable bonds is 1. The second kappa shape index (κ2) is 5.14. The smallest absolute Gasteiger partial charge is 0.342 e. The fourth-order valence-corrected chi connectivity index (χ4v) is 1.98. The lowest BCUT2D eigenvalue weighted by Gasteiger charge is -2.37. The van der Waals surface area contributed by atoms with Crippen LogP contribution in [0.4, 0.5) is 26.3 Å². The van der Waals surface area contributed by atoms with Crippen LogP contribution in [0, 0.1) is 22.7 Å². The van der Waals surface area contributed by atoms with Crippen LogP contribution in [0.2, 0.25) is 0 Å². The molecule has 1 heterocycles. The van der Waals surface area contributed by atoms with E-state index in [1.807, 2.05) is 6.07 Å². The highest BCUT2D eigenvalue weighted by Gasteiger charge is 2.62.